The minimum absolute atomic E-state index is 0.485. The van der Waals surface area contributed by atoms with Crippen molar-refractivity contribution in [3.05, 3.63) is 53.4 Å². The van der Waals surface area contributed by atoms with Crippen LogP contribution in [0.5, 0.6) is 17.2 Å². The molecule has 2 aromatic carbocycles. The average Bonchev–Trinajstić information content (AvgIpc) is 3.21. The van der Waals surface area contributed by atoms with Gasteiger partial charge in [-0.15, -0.1) is 11.3 Å². The lowest BCUT2D eigenvalue weighted by Crippen LogP contribution is -2.04. The summed E-state index contributed by atoms with van der Waals surface area (Å²) in [7, 11) is 3.24. The van der Waals surface area contributed by atoms with Crippen molar-refractivity contribution in [2.75, 3.05) is 26.3 Å². The molecular formula is C22H25N3O3S. The van der Waals surface area contributed by atoms with Crippen LogP contribution in [0.3, 0.4) is 0 Å². The van der Waals surface area contributed by atoms with Crippen molar-refractivity contribution in [3.63, 3.8) is 0 Å². The van der Waals surface area contributed by atoms with Crippen LogP contribution in [-0.4, -0.2) is 32.0 Å². The third kappa shape index (κ3) is 5.71. The molecule has 0 atom stereocenters. The molecule has 0 radical (unpaired) electrons. The first-order valence-electron chi connectivity index (χ1n) is 9.29. The summed E-state index contributed by atoms with van der Waals surface area (Å²) in [5.41, 5.74) is 5.73. The third-order valence-electron chi connectivity index (χ3n) is 4.00. The SMILES string of the molecule is COc1ccc(-c2csc(N/N=C\c3cccc(OCC(C)C)c3)n2)cc1OC. The van der Waals surface area contributed by atoms with Gasteiger partial charge in [0, 0.05) is 10.9 Å². The van der Waals surface area contributed by atoms with Crippen molar-refractivity contribution in [2.24, 2.45) is 11.0 Å². The first-order valence-corrected chi connectivity index (χ1v) is 10.2. The zero-order valence-electron chi connectivity index (χ0n) is 17.0. The van der Waals surface area contributed by atoms with E-state index in [4.69, 9.17) is 14.2 Å². The zero-order valence-corrected chi connectivity index (χ0v) is 17.8. The maximum Gasteiger partial charge on any atom is 0.203 e. The molecule has 0 unspecified atom stereocenters. The summed E-state index contributed by atoms with van der Waals surface area (Å²) >= 11 is 1.48. The summed E-state index contributed by atoms with van der Waals surface area (Å²) in [6.45, 7) is 4.94. The number of hydrogen-bond acceptors (Lipinski definition) is 7. The Morgan fingerprint density at radius 2 is 1.93 bits per heavy atom. The highest BCUT2D eigenvalue weighted by Gasteiger charge is 2.09. The first-order chi connectivity index (χ1) is 14.1. The van der Waals surface area contributed by atoms with Crippen LogP contribution in [0.15, 0.2) is 52.9 Å². The lowest BCUT2D eigenvalue weighted by Gasteiger charge is -2.08. The molecule has 0 saturated carbocycles. The van der Waals surface area contributed by atoms with E-state index >= 15 is 0 Å². The molecule has 3 aromatic rings. The summed E-state index contributed by atoms with van der Waals surface area (Å²) in [5, 5.41) is 6.97. The van der Waals surface area contributed by atoms with Crippen molar-refractivity contribution < 1.29 is 14.2 Å². The summed E-state index contributed by atoms with van der Waals surface area (Å²) < 4.78 is 16.4. The van der Waals surface area contributed by atoms with E-state index in [1.165, 1.54) is 11.3 Å². The lowest BCUT2D eigenvalue weighted by atomic mass is 10.1. The van der Waals surface area contributed by atoms with E-state index in [0.717, 1.165) is 22.6 Å². The minimum Gasteiger partial charge on any atom is -0.493 e. The molecule has 152 valence electrons. The van der Waals surface area contributed by atoms with Gasteiger partial charge in [0.05, 0.1) is 32.7 Å². The van der Waals surface area contributed by atoms with E-state index < -0.39 is 0 Å². The fourth-order valence-electron chi connectivity index (χ4n) is 2.56. The van der Waals surface area contributed by atoms with E-state index in [2.05, 4.69) is 29.4 Å². The molecule has 1 heterocycles. The van der Waals surface area contributed by atoms with E-state index in [1.807, 2.05) is 47.8 Å². The Hall–Kier alpha value is -3.06. The van der Waals surface area contributed by atoms with Crippen LogP contribution in [0.25, 0.3) is 11.3 Å². The molecule has 7 heteroatoms. The number of thiazole rings is 1. The fraction of sp³-hybridized carbons (Fsp3) is 0.273. The Labute approximate surface area is 175 Å². The summed E-state index contributed by atoms with van der Waals surface area (Å²) in [6.07, 6.45) is 1.75. The second-order valence-electron chi connectivity index (χ2n) is 6.76. The molecule has 0 spiro atoms. The van der Waals surface area contributed by atoms with Gasteiger partial charge in [0.2, 0.25) is 5.13 Å². The molecule has 0 bridgehead atoms. The van der Waals surface area contributed by atoms with Crippen LogP contribution >= 0.6 is 11.3 Å². The molecule has 0 amide bonds. The van der Waals surface area contributed by atoms with Gasteiger partial charge in [0.15, 0.2) is 11.5 Å². The Morgan fingerprint density at radius 3 is 2.69 bits per heavy atom. The molecule has 0 saturated heterocycles. The maximum atomic E-state index is 5.75. The molecule has 1 aromatic heterocycles. The molecular weight excluding hydrogens is 386 g/mol. The van der Waals surface area contributed by atoms with E-state index in [-0.39, 0.29) is 0 Å². The Morgan fingerprint density at radius 1 is 1.10 bits per heavy atom. The predicted octanol–water partition coefficient (Wildman–Crippen LogP) is 5.31. The number of aromatic nitrogens is 1. The van der Waals surface area contributed by atoms with Gasteiger partial charge in [0.25, 0.3) is 0 Å². The molecule has 0 fully saturated rings. The molecule has 29 heavy (non-hydrogen) atoms. The number of nitrogens with one attached hydrogen (secondary N) is 1. The second-order valence-corrected chi connectivity index (χ2v) is 7.61. The Kier molecular flexibility index (Phi) is 7.08. The molecule has 1 N–H and O–H groups in total. The van der Waals surface area contributed by atoms with Crippen LogP contribution in [0.2, 0.25) is 0 Å². The molecule has 0 aliphatic heterocycles. The fourth-order valence-corrected chi connectivity index (χ4v) is 3.23. The number of hydrazone groups is 1. The van der Waals surface area contributed by atoms with Crippen molar-refractivity contribution in [3.8, 4) is 28.5 Å². The van der Waals surface area contributed by atoms with Gasteiger partial charge in [-0.1, -0.05) is 26.0 Å². The van der Waals surface area contributed by atoms with Gasteiger partial charge in [-0.05, 0) is 41.8 Å². The van der Waals surface area contributed by atoms with Gasteiger partial charge in [-0.3, -0.25) is 5.43 Å². The normalized spacial score (nSPS) is 11.1. The lowest BCUT2D eigenvalue weighted by molar-refractivity contribution is 0.271. The number of hydrogen-bond donors (Lipinski definition) is 1. The third-order valence-corrected chi connectivity index (χ3v) is 4.75. The van der Waals surface area contributed by atoms with Crippen LogP contribution in [0.1, 0.15) is 19.4 Å². The number of rotatable bonds is 9. The van der Waals surface area contributed by atoms with Crippen molar-refractivity contribution in [1.29, 1.82) is 0 Å². The van der Waals surface area contributed by atoms with Gasteiger partial charge < -0.3 is 14.2 Å². The monoisotopic (exact) mass is 411 g/mol. The Balaban J connectivity index is 1.64. The summed E-state index contributed by atoms with van der Waals surface area (Å²) in [5.74, 6) is 2.69. The van der Waals surface area contributed by atoms with E-state index in [1.54, 1.807) is 20.4 Å². The van der Waals surface area contributed by atoms with Crippen LogP contribution in [-0.2, 0) is 0 Å². The van der Waals surface area contributed by atoms with Crippen LogP contribution in [0, 0.1) is 5.92 Å². The Bertz CT molecular complexity index is 969. The van der Waals surface area contributed by atoms with Crippen molar-refractivity contribution in [1.82, 2.24) is 4.98 Å². The smallest absolute Gasteiger partial charge is 0.203 e. The van der Waals surface area contributed by atoms with Gasteiger partial charge in [-0.25, -0.2) is 4.98 Å². The number of methoxy groups -OCH3 is 2. The quantitative estimate of drug-likeness (QED) is 0.382. The number of ether oxygens (including phenoxy) is 3. The molecule has 3 rings (SSSR count). The highest BCUT2D eigenvalue weighted by Crippen LogP contribution is 2.33. The van der Waals surface area contributed by atoms with Crippen LogP contribution < -0.4 is 19.6 Å². The molecule has 6 nitrogen and oxygen atoms in total. The summed E-state index contributed by atoms with van der Waals surface area (Å²) in [6, 6.07) is 13.6. The number of benzene rings is 2. The van der Waals surface area contributed by atoms with Crippen molar-refractivity contribution in [2.45, 2.75) is 13.8 Å². The van der Waals surface area contributed by atoms with Gasteiger partial charge in [-0.2, -0.15) is 5.10 Å². The highest BCUT2D eigenvalue weighted by atomic mass is 32.1. The zero-order chi connectivity index (χ0) is 20.6. The maximum absolute atomic E-state index is 5.75. The average molecular weight is 412 g/mol. The number of anilines is 1. The van der Waals surface area contributed by atoms with Crippen molar-refractivity contribution >= 4 is 22.7 Å². The predicted molar refractivity (Wildman–Crippen MR) is 119 cm³/mol. The van der Waals surface area contributed by atoms with Gasteiger partial charge >= 0.3 is 0 Å². The summed E-state index contributed by atoms with van der Waals surface area (Å²) in [4.78, 5) is 4.58. The largest absolute Gasteiger partial charge is 0.493 e. The number of nitrogens with zero attached hydrogens (tertiary/aromatic N) is 2. The minimum atomic E-state index is 0.485. The van der Waals surface area contributed by atoms with E-state index in [0.29, 0.717) is 29.2 Å². The first kappa shape index (κ1) is 20.7. The topological polar surface area (TPSA) is 65.0 Å². The molecule has 0 aliphatic carbocycles. The van der Waals surface area contributed by atoms with E-state index in [9.17, 15) is 0 Å². The second kappa shape index (κ2) is 9.93. The standard InChI is InChI=1S/C22H25N3O3S/c1-15(2)13-28-18-7-5-6-16(10-18)12-23-25-22-24-19(14-29-22)17-8-9-20(26-3)21(11-17)27-4/h5-12,14-15H,13H2,1-4H3,(H,24,25)/b23-12-. The van der Waals surface area contributed by atoms with Crippen LogP contribution in [0.4, 0.5) is 5.13 Å². The highest BCUT2D eigenvalue weighted by molar-refractivity contribution is 7.14. The molecule has 0 aliphatic rings. The van der Waals surface area contributed by atoms with Gasteiger partial charge in [0.1, 0.15) is 5.75 Å².